The number of fused-ring (bicyclic) bond motifs is 1. The number of methoxy groups -OCH3 is 1. The van der Waals surface area contributed by atoms with Crippen molar-refractivity contribution < 1.29 is 4.74 Å². The van der Waals surface area contributed by atoms with Crippen LogP contribution < -0.4 is 15.5 Å². The van der Waals surface area contributed by atoms with E-state index in [9.17, 15) is 0 Å². The summed E-state index contributed by atoms with van der Waals surface area (Å²) < 4.78 is 5.25. The number of hydrogen-bond acceptors (Lipinski definition) is 6. The Morgan fingerprint density at radius 1 is 0.943 bits per heavy atom. The third-order valence-corrected chi connectivity index (χ3v) is 8.09. The maximum absolute atomic E-state index is 6.49. The van der Waals surface area contributed by atoms with E-state index < -0.39 is 0 Å². The van der Waals surface area contributed by atoms with Gasteiger partial charge in [0.2, 0.25) is 0 Å². The molecule has 3 aliphatic rings. The summed E-state index contributed by atoms with van der Waals surface area (Å²) in [5.74, 6) is 3.26. The minimum atomic E-state index is -0.0425. The number of rotatable bonds is 8. The van der Waals surface area contributed by atoms with Gasteiger partial charge in [0.1, 0.15) is 11.6 Å². The average molecular weight is 472 g/mol. The van der Waals surface area contributed by atoms with E-state index in [0.717, 1.165) is 60.5 Å². The molecule has 2 aliphatic heterocycles. The molecule has 35 heavy (non-hydrogen) atoms. The van der Waals surface area contributed by atoms with Crippen molar-refractivity contribution in [2.24, 2.45) is 5.73 Å². The van der Waals surface area contributed by atoms with Gasteiger partial charge in [-0.2, -0.15) is 0 Å². The number of benzene rings is 2. The van der Waals surface area contributed by atoms with Gasteiger partial charge in [0.25, 0.3) is 0 Å². The molecule has 0 amide bonds. The van der Waals surface area contributed by atoms with Gasteiger partial charge >= 0.3 is 0 Å². The molecule has 1 saturated carbocycles. The van der Waals surface area contributed by atoms with Crippen LogP contribution in [0.15, 0.2) is 42.5 Å². The van der Waals surface area contributed by atoms with Gasteiger partial charge in [0.05, 0.1) is 5.52 Å². The Hall–Kier alpha value is -2.70. The summed E-state index contributed by atoms with van der Waals surface area (Å²) in [5, 5.41) is 1.14. The van der Waals surface area contributed by atoms with Gasteiger partial charge in [-0.25, -0.2) is 9.97 Å². The molecule has 3 fully saturated rings. The largest absolute Gasteiger partial charge is 0.385 e. The van der Waals surface area contributed by atoms with Crippen molar-refractivity contribution in [2.45, 2.75) is 56.4 Å². The molecular formula is C29H37N5O. The third kappa shape index (κ3) is 4.62. The van der Waals surface area contributed by atoms with Crippen molar-refractivity contribution in [1.29, 1.82) is 0 Å². The summed E-state index contributed by atoms with van der Waals surface area (Å²) in [5.41, 5.74) is 11.7. The van der Waals surface area contributed by atoms with Gasteiger partial charge in [-0.15, -0.1) is 0 Å². The minimum absolute atomic E-state index is 0.0425. The highest BCUT2D eigenvalue weighted by Crippen LogP contribution is 2.42. The Kier molecular flexibility index (Phi) is 6.33. The van der Waals surface area contributed by atoms with Gasteiger partial charge in [-0.3, -0.25) is 0 Å². The molecule has 6 nitrogen and oxygen atoms in total. The van der Waals surface area contributed by atoms with Crippen LogP contribution in [0.25, 0.3) is 10.9 Å². The molecular weight excluding hydrogens is 434 g/mol. The predicted octanol–water partition coefficient (Wildman–Crippen LogP) is 5.14. The first-order valence-electron chi connectivity index (χ1n) is 13.4. The molecule has 184 valence electrons. The normalized spacial score (nSPS) is 19.7. The number of ether oxygens (including phenoxy) is 1. The van der Waals surface area contributed by atoms with Crippen LogP contribution in [-0.4, -0.2) is 49.9 Å². The fraction of sp³-hybridized carbons (Fsp3) is 0.517. The molecule has 6 rings (SSSR count). The first-order chi connectivity index (χ1) is 17.2. The fourth-order valence-corrected chi connectivity index (χ4v) is 5.63. The zero-order chi connectivity index (χ0) is 23.8. The zero-order valence-corrected chi connectivity index (χ0v) is 20.8. The summed E-state index contributed by atoms with van der Waals surface area (Å²) in [7, 11) is 1.73. The van der Waals surface area contributed by atoms with Crippen molar-refractivity contribution >= 4 is 22.4 Å². The van der Waals surface area contributed by atoms with Crippen molar-refractivity contribution in [3.05, 3.63) is 59.4 Å². The summed E-state index contributed by atoms with van der Waals surface area (Å²) in [6.45, 7) is 5.10. The second-order valence-electron chi connectivity index (χ2n) is 10.5. The lowest BCUT2D eigenvalue weighted by Crippen LogP contribution is -2.39. The Balaban J connectivity index is 1.27. The van der Waals surface area contributed by atoms with Gasteiger partial charge in [0.15, 0.2) is 0 Å². The minimum Gasteiger partial charge on any atom is -0.385 e. The number of anilines is 2. The van der Waals surface area contributed by atoms with Gasteiger partial charge < -0.3 is 20.3 Å². The van der Waals surface area contributed by atoms with Crippen LogP contribution in [0.4, 0.5) is 11.5 Å². The quantitative estimate of drug-likeness (QED) is 0.491. The average Bonchev–Trinajstić information content (AvgIpc) is 3.71. The Labute approximate surface area is 208 Å². The lowest BCUT2D eigenvalue weighted by molar-refractivity contribution is 0.188. The van der Waals surface area contributed by atoms with Gasteiger partial charge in [0, 0.05) is 62.9 Å². The zero-order valence-electron chi connectivity index (χ0n) is 20.8. The SMILES string of the molecule is COCCC(N)c1ccc2nc(C3CC3)nc(N3CCC(c4ccccc4N4CCC4)CC3)c2c1. The first-order valence-corrected chi connectivity index (χ1v) is 13.4. The Morgan fingerprint density at radius 2 is 1.74 bits per heavy atom. The van der Waals surface area contributed by atoms with E-state index in [1.807, 2.05) is 0 Å². The maximum Gasteiger partial charge on any atom is 0.140 e. The van der Waals surface area contributed by atoms with E-state index >= 15 is 0 Å². The smallest absolute Gasteiger partial charge is 0.140 e. The molecule has 1 aromatic heterocycles. The van der Waals surface area contributed by atoms with Crippen molar-refractivity contribution in [3.63, 3.8) is 0 Å². The molecule has 0 radical (unpaired) electrons. The highest BCUT2D eigenvalue weighted by Gasteiger charge is 2.30. The number of para-hydroxylation sites is 1. The van der Waals surface area contributed by atoms with E-state index in [2.05, 4.69) is 52.3 Å². The molecule has 0 spiro atoms. The second-order valence-corrected chi connectivity index (χ2v) is 10.5. The number of nitrogens with zero attached hydrogens (tertiary/aromatic N) is 4. The molecule has 1 unspecified atom stereocenters. The van der Waals surface area contributed by atoms with E-state index in [0.29, 0.717) is 18.4 Å². The highest BCUT2D eigenvalue weighted by molar-refractivity contribution is 5.90. The number of nitrogens with two attached hydrogens (primary N) is 1. The molecule has 2 saturated heterocycles. The lowest BCUT2D eigenvalue weighted by Gasteiger charge is -2.39. The molecule has 3 aromatic rings. The molecule has 2 N–H and O–H groups in total. The summed E-state index contributed by atoms with van der Waals surface area (Å²) in [6, 6.07) is 15.5. The van der Waals surface area contributed by atoms with E-state index in [1.165, 1.54) is 43.6 Å². The summed E-state index contributed by atoms with van der Waals surface area (Å²) in [4.78, 5) is 15.2. The Bertz CT molecular complexity index is 1180. The first kappa shape index (κ1) is 22.7. The van der Waals surface area contributed by atoms with Crippen LogP contribution in [0, 0.1) is 0 Å². The monoisotopic (exact) mass is 471 g/mol. The summed E-state index contributed by atoms with van der Waals surface area (Å²) in [6.07, 6.45) is 6.85. The van der Waals surface area contributed by atoms with Crippen LogP contribution in [0.1, 0.15) is 73.4 Å². The topological polar surface area (TPSA) is 67.5 Å². The summed E-state index contributed by atoms with van der Waals surface area (Å²) >= 11 is 0. The van der Waals surface area contributed by atoms with Crippen molar-refractivity contribution in [1.82, 2.24) is 9.97 Å². The molecule has 1 atom stereocenters. The lowest BCUT2D eigenvalue weighted by atomic mass is 9.87. The molecule has 0 bridgehead atoms. The molecule has 3 heterocycles. The van der Waals surface area contributed by atoms with Crippen LogP contribution >= 0.6 is 0 Å². The van der Waals surface area contributed by atoms with Crippen LogP contribution in [0.3, 0.4) is 0 Å². The van der Waals surface area contributed by atoms with Crippen molar-refractivity contribution in [3.8, 4) is 0 Å². The van der Waals surface area contributed by atoms with Crippen LogP contribution in [-0.2, 0) is 4.74 Å². The van der Waals surface area contributed by atoms with E-state index in [1.54, 1.807) is 7.11 Å². The van der Waals surface area contributed by atoms with Crippen LogP contribution in [0.5, 0.6) is 0 Å². The standard InChI is InChI=1S/C29H37N5O/c1-35-18-13-25(30)22-9-10-26-24(19-22)29(32-28(31-26)21-7-8-21)34-16-11-20(12-17-34)23-5-2-3-6-27(23)33-14-4-15-33/h2-3,5-6,9-10,19-21,25H,4,7-8,11-18,30H2,1H3. The highest BCUT2D eigenvalue weighted by atomic mass is 16.5. The fourth-order valence-electron chi connectivity index (χ4n) is 5.63. The Morgan fingerprint density at radius 3 is 2.46 bits per heavy atom. The van der Waals surface area contributed by atoms with Gasteiger partial charge in [-0.1, -0.05) is 24.3 Å². The molecule has 6 heteroatoms. The van der Waals surface area contributed by atoms with E-state index in [4.69, 9.17) is 20.4 Å². The van der Waals surface area contributed by atoms with Crippen molar-refractivity contribution in [2.75, 3.05) is 49.7 Å². The van der Waals surface area contributed by atoms with Gasteiger partial charge in [-0.05, 0) is 73.8 Å². The predicted molar refractivity (Wildman–Crippen MR) is 142 cm³/mol. The second kappa shape index (κ2) is 9.75. The third-order valence-electron chi connectivity index (χ3n) is 8.09. The molecule has 2 aromatic carbocycles. The molecule has 1 aliphatic carbocycles. The number of piperidine rings is 1. The van der Waals surface area contributed by atoms with Crippen LogP contribution in [0.2, 0.25) is 0 Å². The number of aromatic nitrogens is 2. The maximum atomic E-state index is 6.49. The van der Waals surface area contributed by atoms with E-state index in [-0.39, 0.29) is 6.04 Å². The number of hydrogen-bond donors (Lipinski definition) is 1.